The average Bonchev–Trinajstić information content (AvgIpc) is 3.37. The Morgan fingerprint density at radius 1 is 1.10 bits per heavy atom. The quantitative estimate of drug-likeness (QED) is 0.188. The predicted molar refractivity (Wildman–Crippen MR) is 164 cm³/mol. The van der Waals surface area contributed by atoms with E-state index in [2.05, 4.69) is 17.6 Å². The van der Waals surface area contributed by atoms with E-state index in [0.717, 1.165) is 34.6 Å². The summed E-state index contributed by atoms with van der Waals surface area (Å²) in [5.41, 5.74) is 4.72. The fraction of sp³-hybridized carbons (Fsp3) is 0.258. The molecule has 1 aliphatic rings. The van der Waals surface area contributed by atoms with Crippen molar-refractivity contribution in [1.82, 2.24) is 14.8 Å². The molecule has 10 heteroatoms. The zero-order valence-corrected chi connectivity index (χ0v) is 25.0. The number of anilines is 2. The smallest absolute Gasteiger partial charge is 0.255 e. The number of halogens is 1. The van der Waals surface area contributed by atoms with Crippen LogP contribution in [0.3, 0.4) is 0 Å². The fourth-order valence-electron chi connectivity index (χ4n) is 4.65. The molecule has 1 amide bonds. The van der Waals surface area contributed by atoms with Gasteiger partial charge in [0.25, 0.3) is 5.91 Å². The molecule has 5 rings (SSSR count). The van der Waals surface area contributed by atoms with Crippen LogP contribution in [0.4, 0.5) is 11.6 Å². The van der Waals surface area contributed by atoms with Crippen molar-refractivity contribution in [2.45, 2.75) is 45.0 Å². The van der Waals surface area contributed by atoms with Gasteiger partial charge in [-0.1, -0.05) is 66.7 Å². The Morgan fingerprint density at radius 2 is 1.93 bits per heavy atom. The molecule has 0 saturated heterocycles. The van der Waals surface area contributed by atoms with Gasteiger partial charge < -0.3 is 20.1 Å². The molecule has 3 aromatic carbocycles. The van der Waals surface area contributed by atoms with E-state index in [1.54, 1.807) is 23.6 Å². The number of carbonyl (C=O) groups is 1. The molecule has 0 bridgehead atoms. The number of nitrogens with zero attached hydrogens (tertiary/aromatic N) is 3. The van der Waals surface area contributed by atoms with Gasteiger partial charge in [-0.2, -0.15) is 4.98 Å². The van der Waals surface area contributed by atoms with E-state index >= 15 is 0 Å². The van der Waals surface area contributed by atoms with Crippen molar-refractivity contribution >= 4 is 40.9 Å². The van der Waals surface area contributed by atoms with Crippen molar-refractivity contribution < 1.29 is 14.3 Å². The summed E-state index contributed by atoms with van der Waals surface area (Å²) in [5.74, 6) is 2.38. The summed E-state index contributed by atoms with van der Waals surface area (Å²) in [5, 5.41) is 12.5. The number of fused-ring (bicyclic) bond motifs is 1. The minimum Gasteiger partial charge on any atom is -0.493 e. The van der Waals surface area contributed by atoms with Crippen molar-refractivity contribution in [3.8, 4) is 11.5 Å². The molecule has 1 aromatic heterocycles. The Balaban J connectivity index is 1.52. The molecule has 41 heavy (non-hydrogen) atoms. The van der Waals surface area contributed by atoms with Crippen LogP contribution in [-0.4, -0.2) is 33.5 Å². The second-order valence-corrected chi connectivity index (χ2v) is 11.2. The van der Waals surface area contributed by atoms with Gasteiger partial charge >= 0.3 is 0 Å². The first kappa shape index (κ1) is 28.6. The summed E-state index contributed by atoms with van der Waals surface area (Å²) < 4.78 is 13.6. The topological polar surface area (TPSA) is 90.3 Å². The number of nitrogens with one attached hydrogen (secondary N) is 2. The highest BCUT2D eigenvalue weighted by Gasteiger charge is 2.35. The number of aromatic nitrogens is 3. The Bertz CT molecular complexity index is 1600. The molecule has 0 fully saturated rings. The number of allylic oxidation sites excluding steroid dienone is 1. The van der Waals surface area contributed by atoms with E-state index in [-0.39, 0.29) is 5.91 Å². The number of rotatable bonds is 10. The molecule has 4 aromatic rings. The molecule has 0 saturated carbocycles. The van der Waals surface area contributed by atoms with E-state index < -0.39 is 6.04 Å². The number of aryl methyl sites for hydroxylation is 1. The standard InChI is InChI=1S/C31H32ClN5O3S/c1-5-15-41-31-35-30-33-20(3)27(29(38)34-24-12-7-6-9-19(24)2)28(37(30)36-31)22-13-14-25(26(17-22)39-4)40-18-21-10-8-11-23(32)16-21/h6-14,16-17,28H,5,15,18H2,1-4H3,(H,34,38)(H,33,35,36). The number of hydrogen-bond acceptors (Lipinski definition) is 7. The van der Waals surface area contributed by atoms with Gasteiger partial charge in [-0.15, -0.1) is 5.10 Å². The van der Waals surface area contributed by atoms with Crippen LogP contribution in [-0.2, 0) is 11.4 Å². The summed E-state index contributed by atoms with van der Waals surface area (Å²) in [6.07, 6.45) is 1.00. The molecule has 0 aliphatic carbocycles. The maximum Gasteiger partial charge on any atom is 0.255 e. The Labute approximate surface area is 249 Å². The molecule has 1 atom stereocenters. The van der Waals surface area contributed by atoms with Gasteiger partial charge in [-0.05, 0) is 67.3 Å². The number of ether oxygens (including phenoxy) is 2. The van der Waals surface area contributed by atoms with E-state index in [0.29, 0.717) is 45.5 Å². The Kier molecular flexibility index (Phi) is 8.85. The molecule has 1 aliphatic heterocycles. The van der Waals surface area contributed by atoms with Crippen LogP contribution in [0.5, 0.6) is 11.5 Å². The van der Waals surface area contributed by atoms with Gasteiger partial charge in [0.2, 0.25) is 11.1 Å². The van der Waals surface area contributed by atoms with Crippen molar-refractivity contribution in [2.75, 3.05) is 23.5 Å². The third-order valence-electron chi connectivity index (χ3n) is 6.69. The lowest BCUT2D eigenvalue weighted by atomic mass is 9.94. The molecule has 8 nitrogen and oxygen atoms in total. The molecular formula is C31H32ClN5O3S. The first-order valence-electron chi connectivity index (χ1n) is 13.4. The maximum atomic E-state index is 13.9. The van der Waals surface area contributed by atoms with Crippen LogP contribution >= 0.6 is 23.4 Å². The maximum absolute atomic E-state index is 13.9. The zero-order chi connectivity index (χ0) is 28.9. The normalized spacial score (nSPS) is 14.3. The fourth-order valence-corrected chi connectivity index (χ4v) is 5.55. The SMILES string of the molecule is CCCSc1nc2n(n1)C(c1ccc(OCc3cccc(Cl)c3)c(OC)c1)C(C(=O)Nc1ccccc1C)=C(C)N2. The molecule has 0 radical (unpaired) electrons. The molecule has 0 spiro atoms. The monoisotopic (exact) mass is 589 g/mol. The highest BCUT2D eigenvalue weighted by atomic mass is 35.5. The lowest BCUT2D eigenvalue weighted by Crippen LogP contribution is -2.31. The van der Waals surface area contributed by atoms with E-state index in [1.165, 1.54) is 0 Å². The first-order chi connectivity index (χ1) is 19.9. The lowest BCUT2D eigenvalue weighted by molar-refractivity contribution is -0.113. The summed E-state index contributed by atoms with van der Waals surface area (Å²) >= 11 is 7.72. The van der Waals surface area contributed by atoms with Crippen LogP contribution in [0.2, 0.25) is 5.02 Å². The van der Waals surface area contributed by atoms with Crippen LogP contribution < -0.4 is 20.1 Å². The second-order valence-electron chi connectivity index (χ2n) is 9.68. The Morgan fingerprint density at radius 3 is 2.68 bits per heavy atom. The van der Waals surface area contributed by atoms with E-state index in [4.69, 9.17) is 31.2 Å². The number of carbonyl (C=O) groups excluding carboxylic acids is 1. The highest BCUT2D eigenvalue weighted by Crippen LogP contribution is 2.40. The van der Waals surface area contributed by atoms with E-state index in [1.807, 2.05) is 80.6 Å². The average molecular weight is 590 g/mol. The van der Waals surface area contributed by atoms with Crippen molar-refractivity contribution in [2.24, 2.45) is 0 Å². The van der Waals surface area contributed by atoms with Crippen LogP contribution in [0.15, 0.2) is 83.2 Å². The second kappa shape index (κ2) is 12.7. The lowest BCUT2D eigenvalue weighted by Gasteiger charge is -2.29. The van der Waals surface area contributed by atoms with Crippen LogP contribution in [0.1, 0.15) is 43.0 Å². The molecule has 1 unspecified atom stereocenters. The third kappa shape index (κ3) is 6.36. The number of methoxy groups -OCH3 is 1. The summed E-state index contributed by atoms with van der Waals surface area (Å²) in [4.78, 5) is 18.6. The highest BCUT2D eigenvalue weighted by molar-refractivity contribution is 7.99. The van der Waals surface area contributed by atoms with E-state index in [9.17, 15) is 4.79 Å². The Hall–Kier alpha value is -3.95. The van der Waals surface area contributed by atoms with Crippen molar-refractivity contribution in [3.63, 3.8) is 0 Å². The van der Waals surface area contributed by atoms with Gasteiger partial charge in [0.1, 0.15) is 12.6 Å². The van der Waals surface area contributed by atoms with Crippen LogP contribution in [0.25, 0.3) is 0 Å². The molecule has 2 heterocycles. The van der Waals surface area contributed by atoms with Gasteiger partial charge in [-0.3, -0.25) is 4.79 Å². The van der Waals surface area contributed by atoms with Crippen LogP contribution in [0, 0.1) is 6.92 Å². The van der Waals surface area contributed by atoms with Gasteiger partial charge in [-0.25, -0.2) is 4.68 Å². The van der Waals surface area contributed by atoms with Gasteiger partial charge in [0.05, 0.1) is 12.7 Å². The molecule has 2 N–H and O–H groups in total. The minimum atomic E-state index is -0.547. The number of para-hydroxylation sites is 1. The summed E-state index contributed by atoms with van der Waals surface area (Å²) in [6, 6.07) is 20.4. The number of benzene rings is 3. The molecule has 212 valence electrons. The first-order valence-corrected chi connectivity index (χ1v) is 14.7. The molecular weight excluding hydrogens is 558 g/mol. The van der Waals surface area contributed by atoms with Gasteiger partial charge in [0, 0.05) is 22.2 Å². The number of amides is 1. The number of thioether (sulfide) groups is 1. The summed E-state index contributed by atoms with van der Waals surface area (Å²) in [6.45, 7) is 6.30. The van der Waals surface area contributed by atoms with Crippen molar-refractivity contribution in [3.05, 3.63) is 99.7 Å². The largest absolute Gasteiger partial charge is 0.493 e. The zero-order valence-electron chi connectivity index (χ0n) is 23.4. The predicted octanol–water partition coefficient (Wildman–Crippen LogP) is 7.26. The third-order valence-corrected chi connectivity index (χ3v) is 7.97. The van der Waals surface area contributed by atoms with Gasteiger partial charge in [0.15, 0.2) is 11.5 Å². The minimum absolute atomic E-state index is 0.224. The summed E-state index contributed by atoms with van der Waals surface area (Å²) in [7, 11) is 1.60. The number of hydrogen-bond donors (Lipinski definition) is 2. The van der Waals surface area contributed by atoms with Crippen molar-refractivity contribution in [1.29, 1.82) is 0 Å².